The van der Waals surface area contributed by atoms with E-state index in [0.29, 0.717) is 0 Å². The van der Waals surface area contributed by atoms with Crippen LogP contribution < -0.4 is 0 Å². The molecule has 0 heterocycles. The van der Waals surface area contributed by atoms with Gasteiger partial charge in [-0.25, -0.2) is 0 Å². The molecule has 0 unspecified atom stereocenters. The molecule has 0 saturated heterocycles. The second-order valence-electron chi connectivity index (χ2n) is 10.2. The van der Waals surface area contributed by atoms with E-state index in [2.05, 4.69) is 115 Å². The predicted octanol–water partition coefficient (Wildman–Crippen LogP) is 14.1. The van der Waals surface area contributed by atoms with E-state index < -0.39 is 42.4 Å². The van der Waals surface area contributed by atoms with Crippen LogP contribution in [0.3, 0.4) is 0 Å². The number of alkyl halides is 15. The van der Waals surface area contributed by atoms with Gasteiger partial charge in [0.1, 0.15) is 0 Å². The SMILES string of the molecule is FC(F)(F)C(F)(F)[P-](F)(F)(F)(C(F)(F)C(F)(F)F)C(F)(F)C(F)(F)F.c1ccc(Sc2ccc([S+](c3ccccc3)c3ccccc3)cc2)cc1. The molecule has 4 rings (SSSR count). The fourth-order valence-corrected chi connectivity index (χ4v) is 9.73. The average Bonchev–Trinajstić information content (AvgIpc) is 3.02. The van der Waals surface area contributed by atoms with Crippen LogP contribution in [0.25, 0.3) is 0 Å². The molecule has 0 bridgehead atoms. The van der Waals surface area contributed by atoms with Crippen LogP contribution in [0.2, 0.25) is 0 Å². The van der Waals surface area contributed by atoms with Crippen molar-refractivity contribution >= 4 is 29.5 Å². The van der Waals surface area contributed by atoms with Gasteiger partial charge in [0, 0.05) is 9.79 Å². The van der Waals surface area contributed by atoms with Gasteiger partial charge < -0.3 is 0 Å². The Morgan fingerprint density at radius 2 is 0.608 bits per heavy atom. The van der Waals surface area contributed by atoms with E-state index in [1.165, 1.54) is 24.5 Å². The van der Waals surface area contributed by atoms with E-state index in [0.717, 1.165) is 0 Å². The molecule has 0 atom stereocenters. The first-order valence-corrected chi connectivity index (χ1v) is 17.7. The third-order valence-corrected chi connectivity index (χ3v) is 14.4. The quantitative estimate of drug-likeness (QED) is 0.0970. The van der Waals surface area contributed by atoms with Crippen LogP contribution >= 0.6 is 18.6 Å². The third-order valence-electron chi connectivity index (χ3n) is 6.82. The maximum Gasteiger partial charge on any atom is 0.166 e. The van der Waals surface area contributed by atoms with Gasteiger partial charge in [0.15, 0.2) is 14.7 Å². The molecule has 0 saturated carbocycles. The summed E-state index contributed by atoms with van der Waals surface area (Å²) in [6, 6.07) is 41.1. The van der Waals surface area contributed by atoms with Gasteiger partial charge in [-0.1, -0.05) is 66.4 Å². The number of hydrogen-bond donors (Lipinski definition) is 0. The van der Waals surface area contributed by atoms with E-state index in [9.17, 15) is 78.4 Å². The topological polar surface area (TPSA) is 0 Å². The first-order valence-electron chi connectivity index (χ1n) is 13.3. The molecule has 51 heavy (non-hydrogen) atoms. The summed E-state index contributed by atoms with van der Waals surface area (Å²) < 4.78 is 222. The molecule has 4 aromatic rings. The maximum atomic E-state index is 13.4. The summed E-state index contributed by atoms with van der Waals surface area (Å²) >= 11 is 1.80. The number of benzene rings is 4. The summed E-state index contributed by atoms with van der Waals surface area (Å²) in [4.78, 5) is 6.58. The predicted molar refractivity (Wildman–Crippen MR) is 155 cm³/mol. The molecule has 0 aromatic heterocycles. The smallest absolute Gasteiger partial charge is 0.0901 e. The first kappa shape index (κ1) is 42.2. The molecular weight excluding hydrogens is 797 g/mol. The minimum atomic E-state index is -15.0. The summed E-state index contributed by atoms with van der Waals surface area (Å²) in [7, 11) is -0.0786. The minimum Gasteiger partial charge on any atom is -0.0901 e. The number of hydrogen-bond acceptors (Lipinski definition) is 1. The second kappa shape index (κ2) is 13.3. The van der Waals surface area contributed by atoms with Crippen molar-refractivity contribution in [1.82, 2.24) is 0 Å². The van der Waals surface area contributed by atoms with E-state index in [4.69, 9.17) is 0 Å². The molecule has 0 spiro atoms. The third kappa shape index (κ3) is 6.64. The molecule has 21 heteroatoms. The van der Waals surface area contributed by atoms with E-state index in [1.54, 1.807) is 11.8 Å². The van der Waals surface area contributed by atoms with Crippen molar-refractivity contribution in [1.29, 1.82) is 0 Å². The van der Waals surface area contributed by atoms with Crippen LogP contribution in [-0.2, 0) is 10.9 Å². The first-order chi connectivity index (χ1) is 23.0. The molecule has 0 aliphatic carbocycles. The van der Waals surface area contributed by atoms with Gasteiger partial charge in [0.2, 0.25) is 0 Å². The number of halogens is 18. The zero-order valence-corrected chi connectivity index (χ0v) is 27.1. The van der Waals surface area contributed by atoms with Crippen molar-refractivity contribution in [2.24, 2.45) is 0 Å². The zero-order valence-electron chi connectivity index (χ0n) is 24.5. The van der Waals surface area contributed by atoms with E-state index >= 15 is 0 Å². The molecular formula is C30H19F18PS2. The van der Waals surface area contributed by atoms with Crippen molar-refractivity contribution in [2.75, 3.05) is 0 Å². The summed E-state index contributed by atoms with van der Waals surface area (Å²) in [5.74, 6) is 0. The van der Waals surface area contributed by atoms with Gasteiger partial charge in [-0.15, -0.1) is 0 Å². The fourth-order valence-electron chi connectivity index (χ4n) is 4.13. The van der Waals surface area contributed by atoms with Gasteiger partial charge in [-0.2, -0.15) is 0 Å². The van der Waals surface area contributed by atoms with Crippen molar-refractivity contribution < 1.29 is 78.4 Å². The molecule has 0 N–H and O–H groups in total. The minimum absolute atomic E-state index is 0.0786. The Hall–Kier alpha value is -3.25. The van der Waals surface area contributed by atoms with Crippen molar-refractivity contribution in [3.05, 3.63) is 115 Å². The normalized spacial score (nSPS) is 15.0. The van der Waals surface area contributed by atoms with Crippen LogP contribution in [0.15, 0.2) is 140 Å². The van der Waals surface area contributed by atoms with Crippen LogP contribution in [-0.4, -0.2) is 35.5 Å². The Morgan fingerprint density at radius 3 is 0.902 bits per heavy atom. The van der Waals surface area contributed by atoms with Crippen LogP contribution in [0.1, 0.15) is 0 Å². The Morgan fingerprint density at radius 1 is 0.353 bits per heavy atom. The van der Waals surface area contributed by atoms with Gasteiger partial charge in [-0.3, -0.25) is 0 Å². The Kier molecular flexibility index (Phi) is 11.0. The van der Waals surface area contributed by atoms with Crippen molar-refractivity contribution in [3.63, 3.8) is 0 Å². The van der Waals surface area contributed by atoms with Gasteiger partial charge >= 0.3 is 121 Å². The molecule has 0 nitrogen and oxygen atoms in total. The molecule has 282 valence electrons. The van der Waals surface area contributed by atoms with Gasteiger partial charge in [0.25, 0.3) is 0 Å². The molecule has 0 amide bonds. The van der Waals surface area contributed by atoms with Gasteiger partial charge in [0.05, 0.1) is 10.9 Å². The molecule has 0 fully saturated rings. The molecule has 0 aliphatic heterocycles. The molecule has 4 aromatic carbocycles. The van der Waals surface area contributed by atoms with Crippen molar-refractivity contribution in [2.45, 2.75) is 60.0 Å². The Bertz CT molecular complexity index is 1650. The van der Waals surface area contributed by atoms with Crippen LogP contribution in [0.4, 0.5) is 78.4 Å². The van der Waals surface area contributed by atoms with E-state index in [-0.39, 0.29) is 10.9 Å². The Labute approximate surface area is 283 Å². The van der Waals surface area contributed by atoms with Crippen LogP contribution in [0.5, 0.6) is 0 Å². The van der Waals surface area contributed by atoms with E-state index in [1.807, 2.05) is 0 Å². The van der Waals surface area contributed by atoms with Gasteiger partial charge in [-0.05, 0) is 60.7 Å². The fraction of sp³-hybridized carbons (Fsp3) is 0.200. The van der Waals surface area contributed by atoms with Crippen LogP contribution in [0, 0.1) is 0 Å². The van der Waals surface area contributed by atoms with Crippen molar-refractivity contribution in [3.8, 4) is 0 Å². The maximum absolute atomic E-state index is 15.0. The second-order valence-corrected chi connectivity index (χ2v) is 17.7. The largest absolute Gasteiger partial charge is 0.166 e. The Balaban J connectivity index is 0.000000276. The summed E-state index contributed by atoms with van der Waals surface area (Å²) in [5, 5.41) is 0. The molecule has 0 radical (unpaired) electrons. The zero-order chi connectivity index (χ0) is 39.0. The summed E-state index contributed by atoms with van der Waals surface area (Å²) in [6.07, 6.45) is -26.1. The summed E-state index contributed by atoms with van der Waals surface area (Å²) in [6.45, 7) is -15.0. The monoisotopic (exact) mass is 816 g/mol. The average molecular weight is 817 g/mol. The summed E-state index contributed by atoms with van der Waals surface area (Å²) in [5.41, 5.74) is -29.3. The number of rotatable bonds is 8. The molecule has 0 aliphatic rings. The standard InChI is InChI=1S/C24H19S2.C6F18P/c1-4-10-20(11-5-1)25-21-16-18-24(19-17-21)26(22-12-6-2-7-13-22)23-14-8-3-9-15-23;7-1(8,9)4(16,17)25(22,23,24,5(18,19)2(10,11)12)6(20,21)3(13,14)15/h1-19H;/q+1;-1.